The molecule has 0 saturated carbocycles. The van der Waals surface area contributed by atoms with Crippen LogP contribution < -0.4 is 5.73 Å². The standard InChI is InChI=1S/C27H33N/c1-3-5-12-25-24(20-28)18-19-26(27(25)13-6-4-2)23-16-14-22(15-17-23)21-10-8-7-9-11-21/h7-11,14-19H,3-6,12-13,20,28H2,1-2H3. The molecule has 1 heteroatoms. The maximum Gasteiger partial charge on any atom is 0.0180 e. The fourth-order valence-electron chi connectivity index (χ4n) is 3.98. The van der Waals surface area contributed by atoms with E-state index < -0.39 is 0 Å². The molecule has 0 spiro atoms. The van der Waals surface area contributed by atoms with Crippen LogP contribution >= 0.6 is 0 Å². The molecule has 3 aromatic rings. The van der Waals surface area contributed by atoms with Gasteiger partial charge in [-0.05, 0) is 64.6 Å². The minimum Gasteiger partial charge on any atom is -0.326 e. The van der Waals surface area contributed by atoms with Crippen LogP contribution in [-0.4, -0.2) is 0 Å². The van der Waals surface area contributed by atoms with E-state index in [-0.39, 0.29) is 0 Å². The van der Waals surface area contributed by atoms with Crippen LogP contribution in [0.25, 0.3) is 22.3 Å². The van der Waals surface area contributed by atoms with Gasteiger partial charge in [-0.3, -0.25) is 0 Å². The van der Waals surface area contributed by atoms with Gasteiger partial charge in [0.1, 0.15) is 0 Å². The second kappa shape index (κ2) is 10.2. The number of benzene rings is 3. The van der Waals surface area contributed by atoms with Crippen LogP contribution in [0.4, 0.5) is 0 Å². The van der Waals surface area contributed by atoms with Gasteiger partial charge < -0.3 is 5.73 Å². The number of nitrogens with two attached hydrogens (primary N) is 1. The maximum atomic E-state index is 6.09. The highest BCUT2D eigenvalue weighted by atomic mass is 14.5. The van der Waals surface area contributed by atoms with Crippen molar-refractivity contribution in [3.8, 4) is 22.3 Å². The van der Waals surface area contributed by atoms with Crippen molar-refractivity contribution in [2.24, 2.45) is 5.73 Å². The number of rotatable bonds is 9. The molecule has 3 aromatic carbocycles. The van der Waals surface area contributed by atoms with Crippen LogP contribution in [0.5, 0.6) is 0 Å². The molecule has 0 saturated heterocycles. The SMILES string of the molecule is CCCCc1c(CN)ccc(-c2ccc(-c3ccccc3)cc2)c1CCCC. The highest BCUT2D eigenvalue weighted by molar-refractivity contribution is 5.73. The van der Waals surface area contributed by atoms with Gasteiger partial charge in [-0.15, -0.1) is 0 Å². The Morgan fingerprint density at radius 3 is 1.79 bits per heavy atom. The normalized spacial score (nSPS) is 11.0. The van der Waals surface area contributed by atoms with Crippen molar-refractivity contribution >= 4 is 0 Å². The van der Waals surface area contributed by atoms with Gasteiger partial charge in [-0.1, -0.05) is 93.4 Å². The van der Waals surface area contributed by atoms with Crippen molar-refractivity contribution in [1.29, 1.82) is 0 Å². The smallest absolute Gasteiger partial charge is 0.0180 e. The van der Waals surface area contributed by atoms with Crippen molar-refractivity contribution in [3.05, 3.63) is 83.4 Å². The molecule has 0 aliphatic rings. The minimum atomic E-state index is 0.630. The van der Waals surface area contributed by atoms with Gasteiger partial charge in [0.05, 0.1) is 0 Å². The lowest BCUT2D eigenvalue weighted by atomic mass is 9.86. The lowest BCUT2D eigenvalue weighted by Gasteiger charge is -2.19. The molecule has 0 radical (unpaired) electrons. The Hall–Kier alpha value is -2.38. The predicted octanol–water partition coefficient (Wildman–Crippen LogP) is 7.16. The summed E-state index contributed by atoms with van der Waals surface area (Å²) in [6, 6.07) is 24.2. The van der Waals surface area contributed by atoms with Crippen molar-refractivity contribution in [1.82, 2.24) is 0 Å². The summed E-state index contributed by atoms with van der Waals surface area (Å²) in [5.74, 6) is 0. The zero-order valence-electron chi connectivity index (χ0n) is 17.4. The van der Waals surface area contributed by atoms with E-state index in [1.165, 1.54) is 64.6 Å². The topological polar surface area (TPSA) is 26.0 Å². The Morgan fingerprint density at radius 1 is 0.607 bits per heavy atom. The van der Waals surface area contributed by atoms with Gasteiger partial charge in [0.2, 0.25) is 0 Å². The molecule has 2 N–H and O–H groups in total. The minimum absolute atomic E-state index is 0.630. The second-order valence-corrected chi connectivity index (χ2v) is 7.58. The Kier molecular flexibility index (Phi) is 7.45. The summed E-state index contributed by atoms with van der Waals surface area (Å²) in [7, 11) is 0. The van der Waals surface area contributed by atoms with Gasteiger partial charge in [0.15, 0.2) is 0 Å². The molecule has 0 heterocycles. The van der Waals surface area contributed by atoms with Gasteiger partial charge in [-0.2, -0.15) is 0 Å². The molecule has 146 valence electrons. The van der Waals surface area contributed by atoms with E-state index in [9.17, 15) is 0 Å². The molecular weight excluding hydrogens is 338 g/mol. The molecule has 0 aliphatic carbocycles. The third kappa shape index (κ3) is 4.72. The van der Waals surface area contributed by atoms with Crippen LogP contribution in [0.1, 0.15) is 56.2 Å². The Labute approximate surface area is 170 Å². The molecule has 28 heavy (non-hydrogen) atoms. The Bertz CT molecular complexity index is 863. The summed E-state index contributed by atoms with van der Waals surface area (Å²) >= 11 is 0. The first-order chi connectivity index (χ1) is 13.8. The summed E-state index contributed by atoms with van der Waals surface area (Å²) in [6.45, 7) is 5.16. The van der Waals surface area contributed by atoms with Gasteiger partial charge >= 0.3 is 0 Å². The lowest BCUT2D eigenvalue weighted by Crippen LogP contribution is -2.07. The van der Waals surface area contributed by atoms with Crippen LogP contribution in [-0.2, 0) is 19.4 Å². The van der Waals surface area contributed by atoms with Crippen LogP contribution in [0.3, 0.4) is 0 Å². The van der Waals surface area contributed by atoms with Crippen molar-refractivity contribution in [3.63, 3.8) is 0 Å². The number of hydrogen-bond acceptors (Lipinski definition) is 1. The summed E-state index contributed by atoms with van der Waals surface area (Å²) in [5.41, 5.74) is 15.7. The monoisotopic (exact) mass is 371 g/mol. The fraction of sp³-hybridized carbons (Fsp3) is 0.333. The molecule has 3 rings (SSSR count). The van der Waals surface area contributed by atoms with E-state index in [1.807, 2.05) is 0 Å². The van der Waals surface area contributed by atoms with Crippen molar-refractivity contribution in [2.45, 2.75) is 58.9 Å². The zero-order valence-corrected chi connectivity index (χ0v) is 17.4. The van der Waals surface area contributed by atoms with E-state index in [0.717, 1.165) is 12.8 Å². The molecule has 0 aliphatic heterocycles. The van der Waals surface area contributed by atoms with Crippen LogP contribution in [0.2, 0.25) is 0 Å². The third-order valence-electron chi connectivity index (χ3n) is 5.61. The average molecular weight is 372 g/mol. The Balaban J connectivity index is 2.02. The Morgan fingerprint density at radius 2 is 1.18 bits per heavy atom. The van der Waals surface area contributed by atoms with Crippen LogP contribution in [0, 0.1) is 0 Å². The molecule has 0 bridgehead atoms. The number of hydrogen-bond donors (Lipinski definition) is 1. The second-order valence-electron chi connectivity index (χ2n) is 7.58. The first kappa shape index (κ1) is 20.4. The van der Waals surface area contributed by atoms with E-state index >= 15 is 0 Å². The highest BCUT2D eigenvalue weighted by Gasteiger charge is 2.14. The first-order valence-corrected chi connectivity index (χ1v) is 10.8. The van der Waals surface area contributed by atoms with Gasteiger partial charge in [0, 0.05) is 6.54 Å². The summed E-state index contributed by atoms with van der Waals surface area (Å²) in [4.78, 5) is 0. The van der Waals surface area contributed by atoms with Gasteiger partial charge in [0.25, 0.3) is 0 Å². The van der Waals surface area contributed by atoms with Gasteiger partial charge in [-0.25, -0.2) is 0 Å². The molecule has 1 nitrogen and oxygen atoms in total. The summed E-state index contributed by atoms with van der Waals surface area (Å²) in [6.07, 6.45) is 7.15. The van der Waals surface area contributed by atoms with E-state index in [2.05, 4.69) is 80.6 Å². The first-order valence-electron chi connectivity index (χ1n) is 10.8. The van der Waals surface area contributed by atoms with Crippen LogP contribution in [0.15, 0.2) is 66.7 Å². The van der Waals surface area contributed by atoms with Crippen molar-refractivity contribution < 1.29 is 0 Å². The quantitative estimate of drug-likeness (QED) is 0.424. The predicted molar refractivity (Wildman–Crippen MR) is 122 cm³/mol. The third-order valence-corrected chi connectivity index (χ3v) is 5.61. The van der Waals surface area contributed by atoms with E-state index in [1.54, 1.807) is 0 Å². The van der Waals surface area contributed by atoms with Crippen molar-refractivity contribution in [2.75, 3.05) is 0 Å². The molecule has 0 atom stereocenters. The van der Waals surface area contributed by atoms with E-state index in [4.69, 9.17) is 5.73 Å². The fourth-order valence-corrected chi connectivity index (χ4v) is 3.98. The van der Waals surface area contributed by atoms with E-state index in [0.29, 0.717) is 6.54 Å². The highest BCUT2D eigenvalue weighted by Crippen LogP contribution is 2.32. The summed E-state index contributed by atoms with van der Waals surface area (Å²) < 4.78 is 0. The molecule has 0 amide bonds. The molecule has 0 aromatic heterocycles. The number of unbranched alkanes of at least 4 members (excludes halogenated alkanes) is 2. The lowest BCUT2D eigenvalue weighted by molar-refractivity contribution is 0.751. The molecule has 0 fully saturated rings. The molecular formula is C27H33N. The zero-order chi connectivity index (χ0) is 19.8. The molecule has 0 unspecified atom stereocenters. The summed E-state index contributed by atoms with van der Waals surface area (Å²) in [5, 5.41) is 0. The maximum absolute atomic E-state index is 6.09. The average Bonchev–Trinajstić information content (AvgIpc) is 2.76. The largest absolute Gasteiger partial charge is 0.326 e.